The number of nitro groups is 1. The number of non-ortho nitro benzene ring substituents is 1. The summed E-state index contributed by atoms with van der Waals surface area (Å²) in [6.07, 6.45) is 1.61. The molecule has 0 N–H and O–H groups in total. The van der Waals surface area contributed by atoms with Crippen LogP contribution in [-0.2, 0) is 4.74 Å². The Balaban J connectivity index is 1.69. The van der Waals surface area contributed by atoms with Crippen LogP contribution in [0.15, 0.2) is 56.1 Å². The molecule has 2 aliphatic heterocycles. The first kappa shape index (κ1) is 19.9. The third-order valence-corrected chi connectivity index (χ3v) is 6.26. The van der Waals surface area contributed by atoms with E-state index >= 15 is 0 Å². The molecule has 3 heterocycles. The Bertz CT molecular complexity index is 1260. The number of nitro benzene ring substituents is 1. The van der Waals surface area contributed by atoms with E-state index in [1.807, 2.05) is 0 Å². The van der Waals surface area contributed by atoms with Crippen LogP contribution in [0.5, 0.6) is 0 Å². The molecule has 0 unspecified atom stereocenters. The molecule has 1 amide bonds. The molecular formula is C22H17BrN2O6. The van der Waals surface area contributed by atoms with Gasteiger partial charge in [0.1, 0.15) is 5.58 Å². The number of carbonyl (C=O) groups is 1. The third kappa shape index (κ3) is 3.34. The number of amides is 1. The van der Waals surface area contributed by atoms with Crippen LogP contribution in [0.25, 0.3) is 11.0 Å². The molecule has 2 atom stereocenters. The van der Waals surface area contributed by atoms with Crippen molar-refractivity contribution < 1.29 is 18.9 Å². The van der Waals surface area contributed by atoms with Gasteiger partial charge in [-0.25, -0.2) is 0 Å². The predicted molar refractivity (Wildman–Crippen MR) is 115 cm³/mol. The minimum Gasteiger partial charge on any atom is -0.450 e. The largest absolute Gasteiger partial charge is 0.450 e. The van der Waals surface area contributed by atoms with Crippen molar-refractivity contribution in [3.05, 3.63) is 84.2 Å². The van der Waals surface area contributed by atoms with Crippen LogP contribution in [0, 0.1) is 10.1 Å². The van der Waals surface area contributed by atoms with Crippen LogP contribution in [0.3, 0.4) is 0 Å². The predicted octanol–water partition coefficient (Wildman–Crippen LogP) is 4.19. The fourth-order valence-electron chi connectivity index (χ4n) is 4.31. The SMILES string of the molecule is O=C1c2oc3ccc(Br)cc3c(=O)c2[C@@H](c2ccc([N+](=O)[O-])cc2)N1C[C@H]1CCCO1. The lowest BCUT2D eigenvalue weighted by atomic mass is 9.98. The molecular weight excluding hydrogens is 468 g/mol. The van der Waals surface area contributed by atoms with Gasteiger partial charge >= 0.3 is 0 Å². The van der Waals surface area contributed by atoms with E-state index in [4.69, 9.17) is 9.15 Å². The Morgan fingerprint density at radius 1 is 1.16 bits per heavy atom. The molecule has 2 aromatic carbocycles. The Morgan fingerprint density at radius 3 is 2.61 bits per heavy atom. The van der Waals surface area contributed by atoms with Crippen molar-refractivity contribution >= 4 is 38.5 Å². The summed E-state index contributed by atoms with van der Waals surface area (Å²) in [4.78, 5) is 39.0. The Kier molecular flexibility index (Phi) is 4.86. The minimum absolute atomic E-state index is 0.0150. The maximum atomic E-state index is 13.5. The number of nitrogens with zero attached hydrogens (tertiary/aromatic N) is 2. The van der Waals surface area contributed by atoms with Crippen LogP contribution >= 0.6 is 15.9 Å². The fourth-order valence-corrected chi connectivity index (χ4v) is 4.67. The summed E-state index contributed by atoms with van der Waals surface area (Å²) >= 11 is 3.37. The van der Waals surface area contributed by atoms with Gasteiger partial charge in [0, 0.05) is 29.8 Å². The van der Waals surface area contributed by atoms with Gasteiger partial charge in [-0.05, 0) is 48.7 Å². The molecule has 9 heteroatoms. The average Bonchev–Trinajstić information content (AvgIpc) is 3.36. The molecule has 1 aromatic heterocycles. The molecule has 3 aromatic rings. The first-order chi connectivity index (χ1) is 14.9. The van der Waals surface area contributed by atoms with Gasteiger partial charge in [-0.15, -0.1) is 0 Å². The van der Waals surface area contributed by atoms with E-state index in [9.17, 15) is 19.7 Å². The van der Waals surface area contributed by atoms with Crippen molar-refractivity contribution in [2.24, 2.45) is 0 Å². The van der Waals surface area contributed by atoms with Crippen LogP contribution in [0.2, 0.25) is 0 Å². The van der Waals surface area contributed by atoms with E-state index in [1.54, 1.807) is 35.2 Å². The topological polar surface area (TPSA) is 103 Å². The van der Waals surface area contributed by atoms with Crippen molar-refractivity contribution in [3.63, 3.8) is 0 Å². The number of carbonyl (C=O) groups excluding carboxylic acids is 1. The molecule has 0 spiro atoms. The van der Waals surface area contributed by atoms with Crippen LogP contribution in [0.4, 0.5) is 5.69 Å². The Hall–Kier alpha value is -3.04. The van der Waals surface area contributed by atoms with E-state index in [1.165, 1.54) is 12.1 Å². The molecule has 1 saturated heterocycles. The van der Waals surface area contributed by atoms with E-state index in [0.717, 1.165) is 17.3 Å². The highest BCUT2D eigenvalue weighted by Gasteiger charge is 2.44. The number of rotatable bonds is 4. The monoisotopic (exact) mass is 484 g/mol. The lowest BCUT2D eigenvalue weighted by Gasteiger charge is -2.27. The number of ether oxygens (including phenoxy) is 1. The van der Waals surface area contributed by atoms with Gasteiger partial charge in [-0.3, -0.25) is 19.7 Å². The van der Waals surface area contributed by atoms with E-state index < -0.39 is 11.0 Å². The highest BCUT2D eigenvalue weighted by atomic mass is 79.9. The first-order valence-electron chi connectivity index (χ1n) is 9.87. The summed E-state index contributed by atoms with van der Waals surface area (Å²) in [6.45, 7) is 0.946. The van der Waals surface area contributed by atoms with Gasteiger partial charge < -0.3 is 14.1 Å². The summed E-state index contributed by atoms with van der Waals surface area (Å²) < 4.78 is 12.3. The Morgan fingerprint density at radius 2 is 1.94 bits per heavy atom. The van der Waals surface area contributed by atoms with Crippen LogP contribution in [-0.4, -0.2) is 35.0 Å². The molecule has 8 nitrogen and oxygen atoms in total. The second-order valence-corrected chi connectivity index (χ2v) is 8.57. The van der Waals surface area contributed by atoms with Gasteiger partial charge in [-0.2, -0.15) is 0 Å². The number of benzene rings is 2. The molecule has 5 rings (SSSR count). The summed E-state index contributed by atoms with van der Waals surface area (Å²) in [5.41, 5.74) is 0.846. The molecule has 1 fully saturated rings. The number of hydrogen-bond donors (Lipinski definition) is 0. The second kappa shape index (κ2) is 7.58. The van der Waals surface area contributed by atoms with Crippen LogP contribution in [0.1, 0.15) is 40.6 Å². The maximum Gasteiger partial charge on any atom is 0.291 e. The molecule has 0 bridgehead atoms. The van der Waals surface area contributed by atoms with Gasteiger partial charge in [0.15, 0.2) is 5.43 Å². The van der Waals surface area contributed by atoms with Crippen molar-refractivity contribution in [2.75, 3.05) is 13.2 Å². The van der Waals surface area contributed by atoms with Crippen molar-refractivity contribution in [3.8, 4) is 0 Å². The summed E-state index contributed by atoms with van der Waals surface area (Å²) in [5.74, 6) is -0.364. The molecule has 31 heavy (non-hydrogen) atoms. The minimum atomic E-state index is -0.702. The summed E-state index contributed by atoms with van der Waals surface area (Å²) in [5, 5.41) is 11.4. The van der Waals surface area contributed by atoms with Gasteiger partial charge in [-0.1, -0.05) is 15.9 Å². The highest BCUT2D eigenvalue weighted by molar-refractivity contribution is 9.10. The zero-order chi connectivity index (χ0) is 21.7. The van der Waals surface area contributed by atoms with Crippen molar-refractivity contribution in [1.82, 2.24) is 4.90 Å². The molecule has 2 aliphatic rings. The summed E-state index contributed by atoms with van der Waals surface area (Å²) in [7, 11) is 0. The lowest BCUT2D eigenvalue weighted by Crippen LogP contribution is -2.36. The quantitative estimate of drug-likeness (QED) is 0.406. The first-order valence-corrected chi connectivity index (χ1v) is 10.7. The zero-order valence-corrected chi connectivity index (χ0v) is 17.8. The second-order valence-electron chi connectivity index (χ2n) is 7.66. The van der Waals surface area contributed by atoms with Crippen molar-refractivity contribution in [1.29, 1.82) is 0 Å². The molecule has 0 saturated carbocycles. The van der Waals surface area contributed by atoms with E-state index in [-0.39, 0.29) is 34.5 Å². The van der Waals surface area contributed by atoms with Gasteiger partial charge in [0.25, 0.3) is 11.6 Å². The number of fused-ring (bicyclic) bond motifs is 2. The van der Waals surface area contributed by atoms with E-state index in [2.05, 4.69) is 15.9 Å². The molecule has 0 radical (unpaired) electrons. The maximum absolute atomic E-state index is 13.5. The standard InChI is InChI=1S/C22H17BrN2O6/c23-13-5-8-17-16(10-13)20(26)18-19(12-3-6-14(7-4-12)25(28)29)24(22(27)21(18)31-17)11-15-2-1-9-30-15/h3-8,10,15,19H,1-2,9,11H2/t15-,19-/m1/s1. The third-order valence-electron chi connectivity index (χ3n) is 5.77. The molecule has 0 aliphatic carbocycles. The normalized spacial score (nSPS) is 20.4. The molecule has 158 valence electrons. The van der Waals surface area contributed by atoms with E-state index in [0.29, 0.717) is 29.7 Å². The van der Waals surface area contributed by atoms with Gasteiger partial charge in [0.2, 0.25) is 5.76 Å². The highest BCUT2D eigenvalue weighted by Crippen LogP contribution is 2.39. The zero-order valence-electron chi connectivity index (χ0n) is 16.2. The van der Waals surface area contributed by atoms with Crippen molar-refractivity contribution in [2.45, 2.75) is 25.0 Å². The van der Waals surface area contributed by atoms with Crippen LogP contribution < -0.4 is 5.43 Å². The fraction of sp³-hybridized carbons (Fsp3) is 0.273. The summed E-state index contributed by atoms with van der Waals surface area (Å²) in [6, 6.07) is 10.3. The average molecular weight is 485 g/mol. The number of halogens is 1. The number of hydrogen-bond acceptors (Lipinski definition) is 6. The smallest absolute Gasteiger partial charge is 0.291 e. The Labute approximate surface area is 184 Å². The lowest BCUT2D eigenvalue weighted by molar-refractivity contribution is -0.384. The van der Waals surface area contributed by atoms with Gasteiger partial charge in [0.05, 0.1) is 28.0 Å².